The van der Waals surface area contributed by atoms with Crippen LogP contribution in [-0.4, -0.2) is 54.2 Å². The Kier molecular flexibility index (Phi) is 5.48. The van der Waals surface area contributed by atoms with E-state index < -0.39 is 6.10 Å². The molecule has 1 aliphatic heterocycles. The number of aliphatic hydroxyl groups is 1. The molecule has 2 rings (SSSR count). The lowest BCUT2D eigenvalue weighted by Crippen LogP contribution is -2.47. The number of β-amino-alcohol motifs (C(OH)–C–C–N with tert-alkyl or cyclic N) is 1. The standard InChI is InChI=1S/C14H20Cl2N2O/c1-2-17-5-7-18(8-6-17)10-14(19)12-9-11(15)3-4-13(12)16/h3-4,9,14,19H,2,5-8,10H2,1H3/t14-/m1/s1. The maximum atomic E-state index is 10.3. The fraction of sp³-hybridized carbons (Fsp3) is 0.571. The normalized spacial score (nSPS) is 19.6. The number of halogens is 2. The predicted octanol–water partition coefficient (Wildman–Crippen LogP) is 2.66. The first kappa shape index (κ1) is 15.1. The topological polar surface area (TPSA) is 26.7 Å². The smallest absolute Gasteiger partial charge is 0.0931 e. The number of piperazine rings is 1. The van der Waals surface area contributed by atoms with Crippen molar-refractivity contribution in [1.29, 1.82) is 0 Å². The van der Waals surface area contributed by atoms with Crippen LogP contribution in [0.15, 0.2) is 18.2 Å². The third-order valence-electron chi connectivity index (χ3n) is 3.66. The van der Waals surface area contributed by atoms with Gasteiger partial charge in [0, 0.05) is 48.3 Å². The second kappa shape index (κ2) is 6.91. The van der Waals surface area contributed by atoms with E-state index in [0.717, 1.165) is 32.7 Å². The Bertz CT molecular complexity index is 420. The monoisotopic (exact) mass is 302 g/mol. The van der Waals surface area contributed by atoms with Crippen LogP contribution in [-0.2, 0) is 0 Å². The minimum atomic E-state index is -0.584. The van der Waals surface area contributed by atoms with Gasteiger partial charge in [0.05, 0.1) is 6.10 Å². The van der Waals surface area contributed by atoms with Crippen LogP contribution in [0.3, 0.4) is 0 Å². The predicted molar refractivity (Wildman–Crippen MR) is 80.0 cm³/mol. The average molecular weight is 303 g/mol. The Balaban J connectivity index is 1.94. The van der Waals surface area contributed by atoms with Crippen molar-refractivity contribution in [2.24, 2.45) is 0 Å². The lowest BCUT2D eigenvalue weighted by atomic mass is 10.1. The maximum Gasteiger partial charge on any atom is 0.0931 e. The number of hydrogen-bond donors (Lipinski definition) is 1. The molecule has 1 aromatic carbocycles. The lowest BCUT2D eigenvalue weighted by Gasteiger charge is -2.35. The van der Waals surface area contributed by atoms with Crippen LogP contribution in [0.25, 0.3) is 0 Å². The van der Waals surface area contributed by atoms with Crippen molar-refractivity contribution in [3.63, 3.8) is 0 Å². The van der Waals surface area contributed by atoms with Gasteiger partial charge < -0.3 is 10.0 Å². The van der Waals surface area contributed by atoms with Gasteiger partial charge in [-0.05, 0) is 24.7 Å². The molecule has 5 heteroatoms. The van der Waals surface area contributed by atoms with Gasteiger partial charge in [-0.2, -0.15) is 0 Å². The molecule has 1 N–H and O–H groups in total. The molecule has 0 spiro atoms. The zero-order chi connectivity index (χ0) is 13.8. The van der Waals surface area contributed by atoms with E-state index in [1.165, 1.54) is 0 Å². The molecule has 0 aliphatic carbocycles. The number of rotatable bonds is 4. The molecule has 1 heterocycles. The first-order valence-corrected chi connectivity index (χ1v) is 7.43. The van der Waals surface area contributed by atoms with Crippen LogP contribution in [0.2, 0.25) is 10.0 Å². The quantitative estimate of drug-likeness (QED) is 0.926. The Morgan fingerprint density at radius 1 is 1.16 bits per heavy atom. The van der Waals surface area contributed by atoms with Crippen LogP contribution >= 0.6 is 23.2 Å². The minimum absolute atomic E-state index is 0.573. The molecule has 0 unspecified atom stereocenters. The third kappa shape index (κ3) is 4.07. The summed E-state index contributed by atoms with van der Waals surface area (Å²) >= 11 is 12.1. The largest absolute Gasteiger partial charge is 0.387 e. The molecule has 106 valence electrons. The molecule has 0 radical (unpaired) electrons. The molecule has 0 aromatic heterocycles. The molecule has 19 heavy (non-hydrogen) atoms. The highest BCUT2D eigenvalue weighted by Crippen LogP contribution is 2.27. The summed E-state index contributed by atoms with van der Waals surface area (Å²) in [5.74, 6) is 0. The Morgan fingerprint density at radius 3 is 2.42 bits per heavy atom. The molecular formula is C14H20Cl2N2O. The summed E-state index contributed by atoms with van der Waals surface area (Å²) in [5, 5.41) is 11.5. The molecular weight excluding hydrogens is 283 g/mol. The molecule has 0 saturated carbocycles. The second-order valence-corrected chi connectivity index (χ2v) is 5.76. The van der Waals surface area contributed by atoms with Crippen molar-refractivity contribution in [1.82, 2.24) is 9.80 Å². The number of benzene rings is 1. The van der Waals surface area contributed by atoms with Crippen LogP contribution in [0.4, 0.5) is 0 Å². The summed E-state index contributed by atoms with van der Waals surface area (Å²) in [7, 11) is 0. The van der Waals surface area contributed by atoms with Gasteiger partial charge in [-0.1, -0.05) is 30.1 Å². The fourth-order valence-corrected chi connectivity index (χ4v) is 2.83. The number of nitrogens with zero attached hydrogens (tertiary/aromatic N) is 2. The van der Waals surface area contributed by atoms with Crippen LogP contribution in [0.1, 0.15) is 18.6 Å². The molecule has 1 aromatic rings. The van der Waals surface area contributed by atoms with Gasteiger partial charge in [0.2, 0.25) is 0 Å². The van der Waals surface area contributed by atoms with E-state index in [-0.39, 0.29) is 0 Å². The van der Waals surface area contributed by atoms with Gasteiger partial charge in [-0.15, -0.1) is 0 Å². The molecule has 0 bridgehead atoms. The van der Waals surface area contributed by atoms with Crippen molar-refractivity contribution < 1.29 is 5.11 Å². The van der Waals surface area contributed by atoms with E-state index in [1.54, 1.807) is 18.2 Å². The maximum absolute atomic E-state index is 10.3. The van der Waals surface area contributed by atoms with Crippen LogP contribution in [0.5, 0.6) is 0 Å². The molecule has 1 atom stereocenters. The van der Waals surface area contributed by atoms with Gasteiger partial charge >= 0.3 is 0 Å². The second-order valence-electron chi connectivity index (χ2n) is 4.92. The van der Waals surface area contributed by atoms with E-state index in [9.17, 15) is 5.11 Å². The highest BCUT2D eigenvalue weighted by Gasteiger charge is 2.20. The van der Waals surface area contributed by atoms with E-state index >= 15 is 0 Å². The van der Waals surface area contributed by atoms with E-state index in [0.29, 0.717) is 22.2 Å². The van der Waals surface area contributed by atoms with E-state index in [2.05, 4.69) is 16.7 Å². The summed E-state index contributed by atoms with van der Waals surface area (Å²) in [4.78, 5) is 4.68. The number of likely N-dealkylation sites (N-methyl/N-ethyl adjacent to an activating group) is 1. The van der Waals surface area contributed by atoms with Crippen molar-refractivity contribution in [3.05, 3.63) is 33.8 Å². The molecule has 1 fully saturated rings. The SMILES string of the molecule is CCN1CCN(C[C@@H](O)c2cc(Cl)ccc2Cl)CC1. The average Bonchev–Trinajstić information content (AvgIpc) is 2.42. The number of hydrogen-bond acceptors (Lipinski definition) is 3. The number of aliphatic hydroxyl groups excluding tert-OH is 1. The third-order valence-corrected chi connectivity index (χ3v) is 4.24. The van der Waals surface area contributed by atoms with Gasteiger partial charge in [-0.3, -0.25) is 4.90 Å². The van der Waals surface area contributed by atoms with Gasteiger partial charge in [0.1, 0.15) is 0 Å². The van der Waals surface area contributed by atoms with Gasteiger partial charge in [-0.25, -0.2) is 0 Å². The summed E-state index contributed by atoms with van der Waals surface area (Å²) in [6.45, 7) is 7.98. The van der Waals surface area contributed by atoms with Crippen LogP contribution < -0.4 is 0 Å². The van der Waals surface area contributed by atoms with Crippen LogP contribution in [0, 0.1) is 0 Å². The zero-order valence-corrected chi connectivity index (χ0v) is 12.7. The summed E-state index contributed by atoms with van der Waals surface area (Å²) in [6, 6.07) is 5.22. The van der Waals surface area contributed by atoms with Crippen molar-refractivity contribution in [2.45, 2.75) is 13.0 Å². The van der Waals surface area contributed by atoms with Crippen molar-refractivity contribution in [2.75, 3.05) is 39.3 Å². The van der Waals surface area contributed by atoms with Gasteiger partial charge in [0.15, 0.2) is 0 Å². The Morgan fingerprint density at radius 2 is 1.79 bits per heavy atom. The van der Waals surface area contributed by atoms with Crippen molar-refractivity contribution >= 4 is 23.2 Å². The van der Waals surface area contributed by atoms with Gasteiger partial charge in [0.25, 0.3) is 0 Å². The highest BCUT2D eigenvalue weighted by atomic mass is 35.5. The minimum Gasteiger partial charge on any atom is -0.387 e. The van der Waals surface area contributed by atoms with E-state index in [4.69, 9.17) is 23.2 Å². The zero-order valence-electron chi connectivity index (χ0n) is 11.1. The highest BCUT2D eigenvalue weighted by molar-refractivity contribution is 6.33. The molecule has 1 aliphatic rings. The summed E-state index contributed by atoms with van der Waals surface area (Å²) in [5.41, 5.74) is 0.715. The summed E-state index contributed by atoms with van der Waals surface area (Å²) < 4.78 is 0. The molecule has 0 amide bonds. The lowest BCUT2D eigenvalue weighted by molar-refractivity contribution is 0.0744. The Hall–Kier alpha value is -0.320. The Labute approximate surface area is 124 Å². The first-order valence-electron chi connectivity index (χ1n) is 6.68. The molecule has 3 nitrogen and oxygen atoms in total. The van der Waals surface area contributed by atoms with E-state index in [1.807, 2.05) is 0 Å². The fourth-order valence-electron chi connectivity index (χ4n) is 2.40. The summed E-state index contributed by atoms with van der Waals surface area (Å²) in [6.07, 6.45) is -0.584. The van der Waals surface area contributed by atoms with Crippen molar-refractivity contribution in [3.8, 4) is 0 Å². The first-order chi connectivity index (χ1) is 9.10. The molecule has 1 saturated heterocycles.